The molecule has 0 unspecified atom stereocenters. The van der Waals surface area contributed by atoms with Gasteiger partial charge in [-0.15, -0.1) is 0 Å². The molecule has 4 aromatic rings. The third-order valence-corrected chi connectivity index (χ3v) is 4.82. The van der Waals surface area contributed by atoms with Gasteiger partial charge in [-0.05, 0) is 30.2 Å². The fraction of sp³-hybridized carbons (Fsp3) is 0.0833. The smallest absolute Gasteiger partial charge is 0.267 e. The quantitative estimate of drug-likeness (QED) is 0.554. The summed E-state index contributed by atoms with van der Waals surface area (Å²) in [6, 6.07) is 22.0. The summed E-state index contributed by atoms with van der Waals surface area (Å²) in [6.45, 7) is 2.38. The predicted octanol–water partition coefficient (Wildman–Crippen LogP) is 4.03. The van der Waals surface area contributed by atoms with Gasteiger partial charge in [-0.1, -0.05) is 60.7 Å². The lowest BCUT2D eigenvalue weighted by Gasteiger charge is -2.01. The lowest BCUT2D eigenvalue weighted by molar-refractivity contribution is 0.689. The topological polar surface area (TPSA) is 87.4 Å². The second-order valence-electron chi connectivity index (χ2n) is 6.87. The number of aromatic nitrogens is 4. The molecule has 2 aromatic heterocycles. The zero-order chi connectivity index (χ0) is 20.9. The summed E-state index contributed by atoms with van der Waals surface area (Å²) < 4.78 is 1.91. The summed E-state index contributed by atoms with van der Waals surface area (Å²) in [5, 5.41) is 20.5. The van der Waals surface area contributed by atoms with Crippen molar-refractivity contribution in [3.05, 3.63) is 105 Å². The average molecular weight is 393 g/mol. The van der Waals surface area contributed by atoms with Crippen molar-refractivity contribution >= 4 is 12.2 Å². The Morgan fingerprint density at radius 3 is 2.47 bits per heavy atom. The Hall–Kier alpha value is -4.24. The first-order valence-electron chi connectivity index (χ1n) is 9.50. The van der Waals surface area contributed by atoms with Crippen LogP contribution < -0.4 is 5.56 Å². The van der Waals surface area contributed by atoms with Crippen LogP contribution in [0.4, 0.5) is 0 Å². The summed E-state index contributed by atoms with van der Waals surface area (Å²) in [7, 11) is 0. The first-order valence-corrected chi connectivity index (χ1v) is 9.50. The van der Waals surface area contributed by atoms with Gasteiger partial charge in [0, 0.05) is 17.3 Å². The van der Waals surface area contributed by atoms with Gasteiger partial charge in [0.25, 0.3) is 5.56 Å². The molecule has 0 saturated heterocycles. The molecule has 0 radical (unpaired) electrons. The van der Waals surface area contributed by atoms with Crippen LogP contribution >= 0.6 is 0 Å². The van der Waals surface area contributed by atoms with E-state index >= 15 is 0 Å². The van der Waals surface area contributed by atoms with Crippen LogP contribution in [0.2, 0.25) is 0 Å². The highest BCUT2D eigenvalue weighted by Gasteiger charge is 2.11. The zero-order valence-electron chi connectivity index (χ0n) is 16.4. The Labute approximate surface area is 173 Å². The van der Waals surface area contributed by atoms with Crippen molar-refractivity contribution in [1.29, 1.82) is 5.26 Å². The Morgan fingerprint density at radius 2 is 1.77 bits per heavy atom. The van der Waals surface area contributed by atoms with E-state index in [0.717, 1.165) is 22.4 Å². The van der Waals surface area contributed by atoms with Gasteiger partial charge in [0.05, 0.1) is 17.9 Å². The molecule has 0 fully saturated rings. The molecule has 0 aliphatic heterocycles. The third kappa shape index (κ3) is 3.96. The van der Waals surface area contributed by atoms with E-state index in [1.165, 1.54) is 0 Å². The van der Waals surface area contributed by atoms with Gasteiger partial charge in [0.15, 0.2) is 0 Å². The number of hydrogen-bond acceptors (Lipinski definition) is 4. The molecular formula is C24H19N5O. The van der Waals surface area contributed by atoms with Gasteiger partial charge in [-0.2, -0.15) is 15.5 Å². The highest BCUT2D eigenvalue weighted by Crippen LogP contribution is 2.24. The van der Waals surface area contributed by atoms with E-state index in [9.17, 15) is 10.1 Å². The zero-order valence-corrected chi connectivity index (χ0v) is 16.4. The Morgan fingerprint density at radius 1 is 1.07 bits per heavy atom. The van der Waals surface area contributed by atoms with Crippen LogP contribution in [0.5, 0.6) is 0 Å². The molecule has 0 bridgehead atoms. The van der Waals surface area contributed by atoms with E-state index in [0.29, 0.717) is 17.8 Å². The van der Waals surface area contributed by atoms with E-state index in [2.05, 4.69) is 22.3 Å². The monoisotopic (exact) mass is 393 g/mol. The molecule has 6 heteroatoms. The number of aromatic amines is 1. The minimum Gasteiger partial charge on any atom is -0.267 e. The van der Waals surface area contributed by atoms with Crippen molar-refractivity contribution in [3.8, 4) is 17.3 Å². The minimum absolute atomic E-state index is 0.0766. The van der Waals surface area contributed by atoms with Gasteiger partial charge in [0.2, 0.25) is 0 Å². The number of nitrogens with one attached hydrogen (secondary N) is 1. The number of hydrogen-bond donors (Lipinski definition) is 1. The second-order valence-corrected chi connectivity index (χ2v) is 6.87. The molecular weight excluding hydrogens is 374 g/mol. The summed E-state index contributed by atoms with van der Waals surface area (Å²) in [5.41, 5.74) is 4.63. The van der Waals surface area contributed by atoms with Crippen molar-refractivity contribution in [3.63, 3.8) is 0 Å². The van der Waals surface area contributed by atoms with Crippen molar-refractivity contribution in [2.75, 3.05) is 0 Å². The summed E-state index contributed by atoms with van der Waals surface area (Å²) in [4.78, 5) is 11.7. The van der Waals surface area contributed by atoms with Crippen LogP contribution in [-0.2, 0) is 6.54 Å². The van der Waals surface area contributed by atoms with E-state index in [1.807, 2.05) is 71.6 Å². The molecule has 0 spiro atoms. The average Bonchev–Trinajstić information content (AvgIpc) is 3.17. The molecule has 0 atom stereocenters. The lowest BCUT2D eigenvalue weighted by atomic mass is 10.1. The number of benzene rings is 2. The molecule has 1 N–H and O–H groups in total. The minimum atomic E-state index is -0.479. The largest absolute Gasteiger partial charge is 0.282 e. The molecule has 0 amide bonds. The van der Waals surface area contributed by atoms with Crippen molar-refractivity contribution in [2.24, 2.45) is 0 Å². The highest BCUT2D eigenvalue weighted by atomic mass is 16.1. The first kappa shape index (κ1) is 19.1. The van der Waals surface area contributed by atoms with Crippen LogP contribution in [0, 0.1) is 18.3 Å². The number of nitriles is 1. The molecule has 0 aliphatic rings. The van der Waals surface area contributed by atoms with Crippen LogP contribution in [0.3, 0.4) is 0 Å². The van der Waals surface area contributed by atoms with Crippen LogP contribution in [0.25, 0.3) is 23.4 Å². The van der Waals surface area contributed by atoms with Gasteiger partial charge >= 0.3 is 0 Å². The van der Waals surface area contributed by atoms with Gasteiger partial charge in [0.1, 0.15) is 11.6 Å². The second kappa shape index (κ2) is 8.41. The molecule has 2 aromatic carbocycles. The van der Waals surface area contributed by atoms with E-state index in [-0.39, 0.29) is 5.56 Å². The maximum Gasteiger partial charge on any atom is 0.282 e. The van der Waals surface area contributed by atoms with Gasteiger partial charge in [-0.3, -0.25) is 9.48 Å². The maximum absolute atomic E-state index is 11.7. The van der Waals surface area contributed by atoms with Crippen molar-refractivity contribution < 1.29 is 0 Å². The summed E-state index contributed by atoms with van der Waals surface area (Å²) >= 11 is 0. The standard InChI is InChI=1S/C24H19N5O/c1-17-21(14-25)24(30)27-26-22(17)13-12-20-16-29(15-18-8-4-2-5-9-18)28-23(20)19-10-6-3-7-11-19/h2-13,16H,15H2,1H3,(H,27,30)/b13-12+. The Balaban J connectivity index is 1.74. The third-order valence-electron chi connectivity index (χ3n) is 4.82. The van der Waals surface area contributed by atoms with Crippen molar-refractivity contribution in [2.45, 2.75) is 13.5 Å². The molecule has 6 nitrogen and oxygen atoms in total. The van der Waals surface area contributed by atoms with E-state index < -0.39 is 5.56 Å². The first-order chi connectivity index (χ1) is 14.7. The molecule has 0 aliphatic carbocycles. The normalized spacial score (nSPS) is 10.9. The SMILES string of the molecule is Cc1c(/C=C/c2cn(Cc3ccccc3)nc2-c2ccccc2)n[nH]c(=O)c1C#N. The fourth-order valence-electron chi connectivity index (χ4n) is 3.25. The molecule has 0 saturated carbocycles. The number of H-pyrrole nitrogens is 1. The van der Waals surface area contributed by atoms with Crippen LogP contribution in [0.15, 0.2) is 71.7 Å². The van der Waals surface area contributed by atoms with Crippen LogP contribution in [-0.4, -0.2) is 20.0 Å². The maximum atomic E-state index is 11.7. The summed E-state index contributed by atoms with van der Waals surface area (Å²) in [6.07, 6.45) is 5.69. The number of rotatable bonds is 5. The summed E-state index contributed by atoms with van der Waals surface area (Å²) in [5.74, 6) is 0. The Kier molecular flexibility index (Phi) is 5.35. The molecule has 2 heterocycles. The Bertz CT molecular complexity index is 1300. The number of nitrogens with zero attached hydrogens (tertiary/aromatic N) is 4. The predicted molar refractivity (Wildman–Crippen MR) is 116 cm³/mol. The van der Waals surface area contributed by atoms with Crippen molar-refractivity contribution in [1.82, 2.24) is 20.0 Å². The highest BCUT2D eigenvalue weighted by molar-refractivity contribution is 5.78. The van der Waals surface area contributed by atoms with Gasteiger partial charge < -0.3 is 0 Å². The van der Waals surface area contributed by atoms with Gasteiger partial charge in [-0.25, -0.2) is 5.10 Å². The molecule has 146 valence electrons. The fourth-order valence-corrected chi connectivity index (χ4v) is 3.25. The lowest BCUT2D eigenvalue weighted by Crippen LogP contribution is -2.15. The van der Waals surface area contributed by atoms with E-state index in [1.54, 1.807) is 13.0 Å². The molecule has 4 rings (SSSR count). The van der Waals surface area contributed by atoms with Crippen LogP contribution in [0.1, 0.15) is 27.9 Å². The molecule has 30 heavy (non-hydrogen) atoms. The van der Waals surface area contributed by atoms with E-state index in [4.69, 9.17) is 5.10 Å².